The summed E-state index contributed by atoms with van der Waals surface area (Å²) < 4.78 is 0. The maximum atomic E-state index is 2.56. The number of rotatable bonds is 4. The number of nitrogens with zero attached hydrogens (tertiary/aromatic N) is 4. The van der Waals surface area contributed by atoms with Crippen LogP contribution in [0.5, 0.6) is 0 Å². The minimum atomic E-state index is 0.913. The molecular formula is C32H36N4. The van der Waals surface area contributed by atoms with Gasteiger partial charge in [-0.2, -0.15) is 0 Å². The zero-order valence-electron chi connectivity index (χ0n) is 21.0. The zero-order valence-corrected chi connectivity index (χ0v) is 21.0. The average Bonchev–Trinajstić information content (AvgIpc) is 2.95. The number of para-hydroxylation sites is 4. The summed E-state index contributed by atoms with van der Waals surface area (Å²) in [5.74, 6) is 0. The summed E-state index contributed by atoms with van der Waals surface area (Å²) in [5, 5.41) is 4.95. The average molecular weight is 477 g/mol. The molecule has 36 heavy (non-hydrogen) atoms. The van der Waals surface area contributed by atoms with E-state index in [2.05, 4.69) is 141 Å². The Morgan fingerprint density at radius 3 is 1.08 bits per heavy atom. The number of benzene rings is 4. The van der Waals surface area contributed by atoms with E-state index in [1.807, 2.05) is 0 Å². The van der Waals surface area contributed by atoms with Gasteiger partial charge in [-0.15, -0.1) is 0 Å². The van der Waals surface area contributed by atoms with E-state index in [1.165, 1.54) is 22.7 Å². The summed E-state index contributed by atoms with van der Waals surface area (Å²) in [4.78, 5) is 5.10. The first-order valence-electron chi connectivity index (χ1n) is 13.1. The van der Waals surface area contributed by atoms with Crippen LogP contribution in [0.1, 0.15) is 12.8 Å². The van der Waals surface area contributed by atoms with Crippen molar-refractivity contribution in [1.29, 1.82) is 0 Å². The van der Waals surface area contributed by atoms with Gasteiger partial charge in [-0.3, -0.25) is 10.0 Å². The van der Waals surface area contributed by atoms with Crippen LogP contribution >= 0.6 is 0 Å². The second-order valence-corrected chi connectivity index (χ2v) is 9.27. The van der Waals surface area contributed by atoms with Crippen molar-refractivity contribution in [3.8, 4) is 0 Å². The molecule has 0 spiro atoms. The third-order valence-corrected chi connectivity index (χ3v) is 6.88. The topological polar surface area (TPSA) is 13.0 Å². The van der Waals surface area contributed by atoms with E-state index in [4.69, 9.17) is 0 Å². The first kappa shape index (κ1) is 23.8. The predicted octanol–water partition coefficient (Wildman–Crippen LogP) is 6.72. The molecule has 4 aromatic carbocycles. The Morgan fingerprint density at radius 1 is 0.306 bits per heavy atom. The predicted molar refractivity (Wildman–Crippen MR) is 154 cm³/mol. The number of hydrogen-bond donors (Lipinski definition) is 0. The molecule has 0 bridgehead atoms. The normalized spacial score (nSPS) is 15.8. The Morgan fingerprint density at radius 2 is 0.639 bits per heavy atom. The Kier molecular flexibility index (Phi) is 8.04. The molecule has 0 aromatic heterocycles. The number of anilines is 4. The lowest BCUT2D eigenvalue weighted by Crippen LogP contribution is -2.49. The molecule has 1 heterocycles. The van der Waals surface area contributed by atoms with Crippen LogP contribution in [0.2, 0.25) is 0 Å². The molecule has 4 nitrogen and oxygen atoms in total. The van der Waals surface area contributed by atoms with E-state index < -0.39 is 0 Å². The van der Waals surface area contributed by atoms with E-state index in [9.17, 15) is 0 Å². The molecule has 0 N–H and O–H groups in total. The highest BCUT2D eigenvalue weighted by Gasteiger charge is 2.20. The van der Waals surface area contributed by atoms with E-state index in [-0.39, 0.29) is 0 Å². The van der Waals surface area contributed by atoms with Gasteiger partial charge in [0.05, 0.1) is 17.9 Å². The Labute approximate surface area is 216 Å². The van der Waals surface area contributed by atoms with Gasteiger partial charge in [-0.25, -0.2) is 0 Å². The quantitative estimate of drug-likeness (QED) is 0.324. The minimum Gasteiger partial charge on any atom is -0.371 e. The third-order valence-electron chi connectivity index (χ3n) is 6.88. The largest absolute Gasteiger partial charge is 0.371 e. The molecule has 0 saturated carbocycles. The van der Waals surface area contributed by atoms with Gasteiger partial charge in [0.25, 0.3) is 0 Å². The van der Waals surface area contributed by atoms with Crippen LogP contribution in [0.15, 0.2) is 121 Å². The van der Waals surface area contributed by atoms with Crippen molar-refractivity contribution >= 4 is 22.7 Å². The van der Waals surface area contributed by atoms with E-state index >= 15 is 0 Å². The molecular weight excluding hydrogens is 440 g/mol. The van der Waals surface area contributed by atoms with Gasteiger partial charge in [-0.1, -0.05) is 72.8 Å². The van der Waals surface area contributed by atoms with Crippen molar-refractivity contribution in [2.24, 2.45) is 0 Å². The van der Waals surface area contributed by atoms with Crippen molar-refractivity contribution in [3.05, 3.63) is 121 Å². The highest BCUT2D eigenvalue weighted by Crippen LogP contribution is 2.25. The molecule has 1 fully saturated rings. The van der Waals surface area contributed by atoms with Crippen molar-refractivity contribution in [3.63, 3.8) is 0 Å². The minimum absolute atomic E-state index is 0.913. The summed E-state index contributed by atoms with van der Waals surface area (Å²) >= 11 is 0. The molecule has 1 saturated heterocycles. The van der Waals surface area contributed by atoms with Crippen LogP contribution in [0, 0.1) is 0 Å². The van der Waals surface area contributed by atoms with Gasteiger partial charge < -0.3 is 9.80 Å². The SMILES string of the molecule is c1ccc(N2CCCN(c3ccccc3)CCN(c3ccccc3)N(c3ccccc3)CCC2)cc1. The van der Waals surface area contributed by atoms with Crippen molar-refractivity contribution in [2.45, 2.75) is 12.8 Å². The summed E-state index contributed by atoms with van der Waals surface area (Å²) in [6, 6.07) is 43.4. The molecule has 184 valence electrons. The summed E-state index contributed by atoms with van der Waals surface area (Å²) in [5.41, 5.74) is 5.06. The van der Waals surface area contributed by atoms with E-state index in [1.54, 1.807) is 0 Å². The fraction of sp³-hybridized carbons (Fsp3) is 0.250. The molecule has 1 aliphatic heterocycles. The molecule has 4 aromatic rings. The van der Waals surface area contributed by atoms with Crippen LogP contribution in [0.4, 0.5) is 22.7 Å². The first-order chi connectivity index (χ1) is 17.9. The van der Waals surface area contributed by atoms with Crippen LogP contribution in [-0.4, -0.2) is 39.3 Å². The fourth-order valence-electron chi connectivity index (χ4n) is 5.08. The fourth-order valence-corrected chi connectivity index (χ4v) is 5.08. The smallest absolute Gasteiger partial charge is 0.0575 e. The van der Waals surface area contributed by atoms with Crippen LogP contribution in [0.25, 0.3) is 0 Å². The lowest BCUT2D eigenvalue weighted by atomic mass is 10.2. The van der Waals surface area contributed by atoms with Crippen molar-refractivity contribution in [1.82, 2.24) is 0 Å². The summed E-state index contributed by atoms with van der Waals surface area (Å²) in [6.07, 6.45) is 2.20. The Hall–Kier alpha value is -3.92. The Bertz CT molecular complexity index is 1150. The number of hydrogen-bond acceptors (Lipinski definition) is 4. The molecule has 5 rings (SSSR count). The van der Waals surface area contributed by atoms with Crippen LogP contribution < -0.4 is 19.8 Å². The van der Waals surface area contributed by atoms with Gasteiger partial charge in [0.2, 0.25) is 0 Å². The molecule has 0 aliphatic carbocycles. The lowest BCUT2D eigenvalue weighted by molar-refractivity contribution is 0.613. The maximum Gasteiger partial charge on any atom is 0.0575 e. The van der Waals surface area contributed by atoms with Gasteiger partial charge in [0.15, 0.2) is 0 Å². The van der Waals surface area contributed by atoms with Gasteiger partial charge in [0.1, 0.15) is 0 Å². The summed E-state index contributed by atoms with van der Waals surface area (Å²) in [7, 11) is 0. The van der Waals surface area contributed by atoms with E-state index in [0.29, 0.717) is 0 Å². The van der Waals surface area contributed by atoms with Gasteiger partial charge in [-0.05, 0) is 61.4 Å². The molecule has 1 aliphatic rings. The molecule has 0 radical (unpaired) electrons. The highest BCUT2D eigenvalue weighted by atomic mass is 15.6. The molecule has 4 heteroatoms. The Balaban J connectivity index is 1.49. The first-order valence-corrected chi connectivity index (χ1v) is 13.1. The van der Waals surface area contributed by atoms with Crippen LogP contribution in [-0.2, 0) is 0 Å². The van der Waals surface area contributed by atoms with Crippen molar-refractivity contribution in [2.75, 3.05) is 59.1 Å². The number of hydrazine groups is 1. The lowest BCUT2D eigenvalue weighted by Gasteiger charge is -2.41. The second kappa shape index (κ2) is 12.2. The second-order valence-electron chi connectivity index (χ2n) is 9.27. The molecule has 0 atom stereocenters. The molecule has 0 amide bonds. The van der Waals surface area contributed by atoms with Crippen LogP contribution in [0.3, 0.4) is 0 Å². The van der Waals surface area contributed by atoms with Gasteiger partial charge >= 0.3 is 0 Å². The molecule has 0 unspecified atom stereocenters. The monoisotopic (exact) mass is 476 g/mol. The summed E-state index contributed by atoms with van der Waals surface area (Å²) in [6.45, 7) is 5.93. The highest BCUT2D eigenvalue weighted by molar-refractivity contribution is 5.58. The third kappa shape index (κ3) is 6.01. The van der Waals surface area contributed by atoms with Crippen molar-refractivity contribution < 1.29 is 0 Å². The van der Waals surface area contributed by atoms with E-state index in [0.717, 1.165) is 52.1 Å². The standard InChI is InChI=1S/C32H36N4/c1-5-15-29(16-6-1)33-23-13-24-34(30-17-7-2-8-18-30)27-28-36(32-21-11-4-12-22-32)35(26-14-25-33)31-19-9-3-10-20-31/h1-12,15-22H,13-14,23-28H2. The maximum absolute atomic E-state index is 2.56. The van der Waals surface area contributed by atoms with Gasteiger partial charge in [0, 0.05) is 44.1 Å². The zero-order chi connectivity index (χ0) is 24.4.